The predicted octanol–water partition coefficient (Wildman–Crippen LogP) is 3.25. The summed E-state index contributed by atoms with van der Waals surface area (Å²) in [5, 5.41) is 11.7. The molecule has 0 spiro atoms. The number of aliphatic hydroxyl groups is 1. The van der Waals surface area contributed by atoms with Crippen molar-refractivity contribution in [3.63, 3.8) is 0 Å². The van der Waals surface area contributed by atoms with Gasteiger partial charge in [0.2, 0.25) is 0 Å². The first kappa shape index (κ1) is 15.8. The second-order valence-electron chi connectivity index (χ2n) is 5.13. The molecule has 2 N–H and O–H groups in total. The van der Waals surface area contributed by atoms with Crippen LogP contribution in [0.15, 0.2) is 0 Å². The van der Waals surface area contributed by atoms with Gasteiger partial charge in [0.1, 0.15) is 0 Å². The van der Waals surface area contributed by atoms with Crippen LogP contribution < -0.4 is 5.32 Å². The zero-order valence-electron chi connectivity index (χ0n) is 10.8. The van der Waals surface area contributed by atoms with Gasteiger partial charge in [-0.1, -0.05) is 25.7 Å². The van der Waals surface area contributed by atoms with Crippen LogP contribution in [0.25, 0.3) is 0 Å². The Hall–Kier alpha value is -0.290. The van der Waals surface area contributed by atoms with Crippen molar-refractivity contribution in [3.8, 4) is 0 Å². The molecule has 1 aliphatic rings. The third-order valence-electron chi connectivity index (χ3n) is 3.68. The summed E-state index contributed by atoms with van der Waals surface area (Å²) in [6.45, 7) is 0.856. The Morgan fingerprint density at radius 3 is 2.33 bits per heavy atom. The molecule has 108 valence electrons. The fraction of sp³-hybridized carbons (Fsp3) is 1.00. The van der Waals surface area contributed by atoms with E-state index in [4.69, 9.17) is 5.11 Å². The van der Waals surface area contributed by atoms with Crippen LogP contribution >= 0.6 is 0 Å². The van der Waals surface area contributed by atoms with Crippen LogP contribution in [-0.2, 0) is 0 Å². The largest absolute Gasteiger partial charge is 0.396 e. The Morgan fingerprint density at radius 1 is 1.00 bits per heavy atom. The van der Waals surface area contributed by atoms with E-state index in [0.29, 0.717) is 19.4 Å². The maximum Gasteiger partial charge on any atom is 0.393 e. The summed E-state index contributed by atoms with van der Waals surface area (Å²) in [6, 6.07) is -0.392. The molecule has 0 aliphatic heterocycles. The number of hydrogen-bond donors (Lipinski definition) is 2. The molecule has 2 nitrogen and oxygen atoms in total. The minimum Gasteiger partial charge on any atom is -0.396 e. The fourth-order valence-electron chi connectivity index (χ4n) is 2.64. The molecule has 0 aromatic carbocycles. The summed E-state index contributed by atoms with van der Waals surface area (Å²) in [7, 11) is 0. The van der Waals surface area contributed by atoms with Crippen LogP contribution in [0.1, 0.15) is 51.4 Å². The molecule has 0 radical (unpaired) electrons. The monoisotopic (exact) mass is 267 g/mol. The number of alkyl halides is 3. The van der Waals surface area contributed by atoms with Gasteiger partial charge in [0, 0.05) is 12.6 Å². The SMILES string of the molecule is OCCCCCCNC1CCCCC1C(F)(F)F. The van der Waals surface area contributed by atoms with Crippen molar-refractivity contribution in [2.45, 2.75) is 63.6 Å². The van der Waals surface area contributed by atoms with E-state index in [-0.39, 0.29) is 13.0 Å². The molecule has 1 fully saturated rings. The van der Waals surface area contributed by atoms with Gasteiger partial charge in [0.05, 0.1) is 5.92 Å². The topological polar surface area (TPSA) is 32.3 Å². The second kappa shape index (κ2) is 8.00. The molecule has 2 unspecified atom stereocenters. The second-order valence-corrected chi connectivity index (χ2v) is 5.13. The van der Waals surface area contributed by atoms with Crippen molar-refractivity contribution in [1.82, 2.24) is 5.32 Å². The Balaban J connectivity index is 2.21. The number of rotatable bonds is 7. The molecule has 1 rings (SSSR count). The highest BCUT2D eigenvalue weighted by Crippen LogP contribution is 2.37. The lowest BCUT2D eigenvalue weighted by Gasteiger charge is -2.33. The molecule has 0 bridgehead atoms. The highest BCUT2D eigenvalue weighted by molar-refractivity contribution is 4.85. The summed E-state index contributed by atoms with van der Waals surface area (Å²) in [6.07, 6.45) is 2.03. The average molecular weight is 267 g/mol. The summed E-state index contributed by atoms with van der Waals surface area (Å²) >= 11 is 0. The van der Waals surface area contributed by atoms with E-state index in [1.807, 2.05) is 0 Å². The van der Waals surface area contributed by atoms with Crippen molar-refractivity contribution in [2.75, 3.05) is 13.2 Å². The van der Waals surface area contributed by atoms with E-state index in [9.17, 15) is 13.2 Å². The first-order valence-electron chi connectivity index (χ1n) is 6.96. The molecule has 1 saturated carbocycles. The van der Waals surface area contributed by atoms with Crippen molar-refractivity contribution in [2.24, 2.45) is 5.92 Å². The highest BCUT2D eigenvalue weighted by Gasteiger charge is 2.45. The Morgan fingerprint density at radius 2 is 1.67 bits per heavy atom. The van der Waals surface area contributed by atoms with E-state index < -0.39 is 18.1 Å². The molecule has 0 saturated heterocycles. The van der Waals surface area contributed by atoms with E-state index in [2.05, 4.69) is 5.32 Å². The first-order valence-corrected chi connectivity index (χ1v) is 6.96. The minimum absolute atomic E-state index is 0.201. The van der Waals surface area contributed by atoms with Crippen LogP contribution in [0.5, 0.6) is 0 Å². The molecular weight excluding hydrogens is 243 g/mol. The van der Waals surface area contributed by atoms with E-state index >= 15 is 0 Å². The van der Waals surface area contributed by atoms with Crippen molar-refractivity contribution in [1.29, 1.82) is 0 Å². The maximum absolute atomic E-state index is 12.8. The van der Waals surface area contributed by atoms with Gasteiger partial charge in [0.15, 0.2) is 0 Å². The lowest BCUT2D eigenvalue weighted by atomic mass is 9.84. The molecule has 0 amide bonds. The van der Waals surface area contributed by atoms with Crippen molar-refractivity contribution in [3.05, 3.63) is 0 Å². The summed E-state index contributed by atoms with van der Waals surface area (Å²) in [5.74, 6) is -1.16. The molecular formula is C13H24F3NO. The van der Waals surface area contributed by atoms with Crippen LogP contribution in [0.3, 0.4) is 0 Å². The van der Waals surface area contributed by atoms with Crippen molar-refractivity contribution >= 4 is 0 Å². The van der Waals surface area contributed by atoms with Crippen molar-refractivity contribution < 1.29 is 18.3 Å². The quantitative estimate of drug-likeness (QED) is 0.694. The van der Waals surface area contributed by atoms with Gasteiger partial charge in [-0.25, -0.2) is 0 Å². The molecule has 18 heavy (non-hydrogen) atoms. The van der Waals surface area contributed by atoms with Gasteiger partial charge >= 0.3 is 6.18 Å². The zero-order valence-corrected chi connectivity index (χ0v) is 10.8. The van der Waals surface area contributed by atoms with Gasteiger partial charge < -0.3 is 10.4 Å². The van der Waals surface area contributed by atoms with Crippen LogP contribution in [0.4, 0.5) is 13.2 Å². The number of nitrogens with one attached hydrogen (secondary N) is 1. The third-order valence-corrected chi connectivity index (χ3v) is 3.68. The fourth-order valence-corrected chi connectivity index (χ4v) is 2.64. The Labute approximate surface area is 107 Å². The lowest BCUT2D eigenvalue weighted by molar-refractivity contribution is -0.188. The maximum atomic E-state index is 12.8. The highest BCUT2D eigenvalue weighted by atomic mass is 19.4. The number of unbranched alkanes of at least 4 members (excludes halogenated alkanes) is 3. The molecule has 1 aliphatic carbocycles. The van der Waals surface area contributed by atoms with E-state index in [0.717, 1.165) is 32.1 Å². The molecule has 0 aromatic rings. The first-order chi connectivity index (χ1) is 8.55. The van der Waals surface area contributed by atoms with Crippen LogP contribution in [-0.4, -0.2) is 30.5 Å². The normalized spacial score (nSPS) is 25.3. The predicted molar refractivity (Wildman–Crippen MR) is 65.4 cm³/mol. The van der Waals surface area contributed by atoms with E-state index in [1.54, 1.807) is 0 Å². The van der Waals surface area contributed by atoms with Gasteiger partial charge in [-0.2, -0.15) is 13.2 Å². The molecule has 2 atom stereocenters. The third kappa shape index (κ3) is 5.57. The summed E-state index contributed by atoms with van der Waals surface area (Å²) in [5.41, 5.74) is 0. The number of halogens is 3. The van der Waals surface area contributed by atoms with Gasteiger partial charge in [0.25, 0.3) is 0 Å². The van der Waals surface area contributed by atoms with Crippen LogP contribution in [0.2, 0.25) is 0 Å². The lowest BCUT2D eigenvalue weighted by Crippen LogP contribution is -2.45. The van der Waals surface area contributed by atoms with Crippen LogP contribution in [0, 0.1) is 5.92 Å². The smallest absolute Gasteiger partial charge is 0.393 e. The Bertz CT molecular complexity index is 221. The van der Waals surface area contributed by atoms with Gasteiger partial charge in [-0.3, -0.25) is 0 Å². The zero-order chi connectivity index (χ0) is 13.4. The Kier molecular flexibility index (Phi) is 7.00. The number of aliphatic hydroxyl groups excluding tert-OH is 1. The minimum atomic E-state index is -4.06. The standard InChI is InChI=1S/C13H24F3NO/c14-13(15,16)11-7-3-4-8-12(11)17-9-5-1-2-6-10-18/h11-12,17-18H,1-10H2. The van der Waals surface area contributed by atoms with E-state index in [1.165, 1.54) is 0 Å². The number of hydrogen-bond acceptors (Lipinski definition) is 2. The molecule has 0 aromatic heterocycles. The summed E-state index contributed by atoms with van der Waals surface area (Å²) in [4.78, 5) is 0. The van der Waals surface area contributed by atoms with Gasteiger partial charge in [-0.05, 0) is 32.2 Å². The average Bonchev–Trinajstić information content (AvgIpc) is 2.33. The summed E-state index contributed by atoms with van der Waals surface area (Å²) < 4.78 is 38.4. The molecule has 5 heteroatoms. The van der Waals surface area contributed by atoms with Gasteiger partial charge in [-0.15, -0.1) is 0 Å². The molecule has 0 heterocycles.